The largest absolute Gasteiger partial charge is 0.298 e. The van der Waals surface area contributed by atoms with Crippen molar-refractivity contribution in [2.24, 2.45) is 5.92 Å². The molecule has 0 amide bonds. The van der Waals surface area contributed by atoms with Crippen molar-refractivity contribution in [2.45, 2.75) is 13.3 Å². The van der Waals surface area contributed by atoms with Gasteiger partial charge in [0.2, 0.25) is 0 Å². The number of rotatable bonds is 1. The molecule has 0 bridgehead atoms. The predicted octanol–water partition coefficient (Wildman–Crippen LogP) is 1.71. The number of aldehydes is 1. The normalized spacial score (nSPS) is 25.4. The summed E-state index contributed by atoms with van der Waals surface area (Å²) in [6.07, 6.45) is 7.83. The molecule has 0 aliphatic heterocycles. The number of carbonyl (C=O) groups excluding carboxylic acids is 1. The summed E-state index contributed by atoms with van der Waals surface area (Å²) in [6.45, 7) is 2.06. The highest BCUT2D eigenvalue weighted by molar-refractivity contribution is 5.74. The van der Waals surface area contributed by atoms with Crippen LogP contribution < -0.4 is 0 Å². The van der Waals surface area contributed by atoms with Crippen molar-refractivity contribution in [2.75, 3.05) is 0 Å². The van der Waals surface area contributed by atoms with Gasteiger partial charge < -0.3 is 0 Å². The maximum absolute atomic E-state index is 10.3. The molecule has 0 aromatic heterocycles. The minimum absolute atomic E-state index is 0.424. The topological polar surface area (TPSA) is 17.1 Å². The van der Waals surface area contributed by atoms with E-state index in [1.807, 2.05) is 12.2 Å². The summed E-state index contributed by atoms with van der Waals surface area (Å²) in [4.78, 5) is 10.3. The predicted molar refractivity (Wildman–Crippen MR) is 37.1 cm³/mol. The fraction of sp³-hybridized carbons (Fsp3) is 0.375. The zero-order chi connectivity index (χ0) is 6.69. The van der Waals surface area contributed by atoms with Crippen LogP contribution in [0.1, 0.15) is 13.3 Å². The molecule has 0 aromatic rings. The summed E-state index contributed by atoms with van der Waals surface area (Å²) in [5.41, 5.74) is 0.914. The van der Waals surface area contributed by atoms with Crippen LogP contribution in [0.5, 0.6) is 0 Å². The molecule has 1 nitrogen and oxygen atoms in total. The highest BCUT2D eigenvalue weighted by atomic mass is 16.1. The summed E-state index contributed by atoms with van der Waals surface area (Å²) >= 11 is 0. The second-order valence-electron chi connectivity index (χ2n) is 2.35. The van der Waals surface area contributed by atoms with E-state index < -0.39 is 0 Å². The zero-order valence-corrected chi connectivity index (χ0v) is 5.50. The Morgan fingerprint density at radius 3 is 3.00 bits per heavy atom. The van der Waals surface area contributed by atoms with Gasteiger partial charge in [0, 0.05) is 0 Å². The number of carbonyl (C=O) groups is 1. The van der Waals surface area contributed by atoms with Crippen molar-refractivity contribution in [1.82, 2.24) is 0 Å². The van der Waals surface area contributed by atoms with Crippen molar-refractivity contribution >= 4 is 6.29 Å². The molecule has 0 saturated heterocycles. The molecule has 1 atom stereocenters. The van der Waals surface area contributed by atoms with Gasteiger partial charge >= 0.3 is 0 Å². The molecule has 0 heterocycles. The number of hydrogen-bond donors (Lipinski definition) is 0. The molecular formula is C8H10O. The van der Waals surface area contributed by atoms with Gasteiger partial charge in [0.05, 0.1) is 0 Å². The molecule has 0 radical (unpaired) electrons. The van der Waals surface area contributed by atoms with Crippen LogP contribution in [-0.2, 0) is 4.79 Å². The molecule has 48 valence electrons. The SMILES string of the molecule is CC1CC=CC=C1C=O. The van der Waals surface area contributed by atoms with E-state index in [9.17, 15) is 4.79 Å². The first kappa shape index (κ1) is 6.27. The first-order valence-corrected chi connectivity index (χ1v) is 3.16. The van der Waals surface area contributed by atoms with Crippen molar-refractivity contribution in [3.8, 4) is 0 Å². The highest BCUT2D eigenvalue weighted by Gasteiger charge is 2.06. The van der Waals surface area contributed by atoms with Crippen molar-refractivity contribution in [3.05, 3.63) is 23.8 Å². The molecule has 9 heavy (non-hydrogen) atoms. The summed E-state index contributed by atoms with van der Waals surface area (Å²) in [5, 5.41) is 0. The molecule has 1 aliphatic carbocycles. The average molecular weight is 122 g/mol. The summed E-state index contributed by atoms with van der Waals surface area (Å²) in [5.74, 6) is 0.424. The molecule has 1 unspecified atom stereocenters. The van der Waals surface area contributed by atoms with E-state index in [0.717, 1.165) is 18.3 Å². The van der Waals surface area contributed by atoms with Crippen LogP contribution in [-0.4, -0.2) is 6.29 Å². The minimum atomic E-state index is 0.424. The first-order chi connectivity index (χ1) is 4.34. The van der Waals surface area contributed by atoms with Gasteiger partial charge in [-0.1, -0.05) is 25.2 Å². The van der Waals surface area contributed by atoms with Gasteiger partial charge in [-0.05, 0) is 17.9 Å². The Morgan fingerprint density at radius 1 is 1.78 bits per heavy atom. The molecule has 0 N–H and O–H groups in total. The maximum Gasteiger partial charge on any atom is 0.146 e. The molecule has 1 aliphatic rings. The Hall–Kier alpha value is -0.850. The van der Waals surface area contributed by atoms with Crippen molar-refractivity contribution in [1.29, 1.82) is 0 Å². The van der Waals surface area contributed by atoms with Crippen LogP contribution >= 0.6 is 0 Å². The molecule has 0 spiro atoms. The standard InChI is InChI=1S/C8H10O/c1-7-4-2-3-5-8(7)6-9/h2-3,5-7H,4H2,1H3. The Bertz CT molecular complexity index is 165. The smallest absolute Gasteiger partial charge is 0.146 e. The lowest BCUT2D eigenvalue weighted by atomic mass is 9.95. The third-order valence-corrected chi connectivity index (χ3v) is 1.62. The second-order valence-corrected chi connectivity index (χ2v) is 2.35. The van der Waals surface area contributed by atoms with Gasteiger partial charge in [0.25, 0.3) is 0 Å². The fourth-order valence-electron chi connectivity index (χ4n) is 0.918. The lowest BCUT2D eigenvalue weighted by molar-refractivity contribution is -0.105. The second kappa shape index (κ2) is 2.62. The number of hydrogen-bond acceptors (Lipinski definition) is 1. The third kappa shape index (κ3) is 1.28. The Kier molecular flexibility index (Phi) is 1.83. The zero-order valence-electron chi connectivity index (χ0n) is 5.50. The van der Waals surface area contributed by atoms with Gasteiger partial charge in [-0.25, -0.2) is 0 Å². The Morgan fingerprint density at radius 2 is 2.56 bits per heavy atom. The van der Waals surface area contributed by atoms with E-state index in [2.05, 4.69) is 13.0 Å². The lowest BCUT2D eigenvalue weighted by Crippen LogP contribution is -2.01. The molecule has 1 heteroatoms. The molecule has 0 aromatic carbocycles. The minimum Gasteiger partial charge on any atom is -0.298 e. The Labute approximate surface area is 55.1 Å². The van der Waals surface area contributed by atoms with Crippen LogP contribution in [0.15, 0.2) is 23.8 Å². The van der Waals surface area contributed by atoms with Gasteiger partial charge in [-0.3, -0.25) is 4.79 Å². The van der Waals surface area contributed by atoms with E-state index in [4.69, 9.17) is 0 Å². The van der Waals surface area contributed by atoms with E-state index in [1.54, 1.807) is 0 Å². The van der Waals surface area contributed by atoms with Crippen molar-refractivity contribution in [3.63, 3.8) is 0 Å². The lowest BCUT2D eigenvalue weighted by Gasteiger charge is -2.09. The first-order valence-electron chi connectivity index (χ1n) is 3.16. The van der Waals surface area contributed by atoms with Gasteiger partial charge in [-0.15, -0.1) is 0 Å². The van der Waals surface area contributed by atoms with Gasteiger partial charge in [0.15, 0.2) is 0 Å². The third-order valence-electron chi connectivity index (χ3n) is 1.62. The highest BCUT2D eigenvalue weighted by Crippen LogP contribution is 2.16. The molecule has 1 rings (SSSR count). The van der Waals surface area contributed by atoms with Crippen LogP contribution in [0.25, 0.3) is 0 Å². The van der Waals surface area contributed by atoms with Crippen LogP contribution in [0.2, 0.25) is 0 Å². The molecule has 0 saturated carbocycles. The van der Waals surface area contributed by atoms with Crippen LogP contribution in [0, 0.1) is 5.92 Å². The molecular weight excluding hydrogens is 112 g/mol. The monoisotopic (exact) mass is 122 g/mol. The van der Waals surface area contributed by atoms with Crippen LogP contribution in [0.4, 0.5) is 0 Å². The van der Waals surface area contributed by atoms with Crippen molar-refractivity contribution < 1.29 is 4.79 Å². The molecule has 0 fully saturated rings. The van der Waals surface area contributed by atoms with E-state index in [-0.39, 0.29) is 0 Å². The average Bonchev–Trinajstić information content (AvgIpc) is 1.89. The van der Waals surface area contributed by atoms with E-state index in [1.165, 1.54) is 0 Å². The van der Waals surface area contributed by atoms with Gasteiger partial charge in [-0.2, -0.15) is 0 Å². The summed E-state index contributed by atoms with van der Waals surface area (Å²) in [6, 6.07) is 0. The van der Waals surface area contributed by atoms with Crippen LogP contribution in [0.3, 0.4) is 0 Å². The fourth-order valence-corrected chi connectivity index (χ4v) is 0.918. The maximum atomic E-state index is 10.3. The quantitative estimate of drug-likeness (QED) is 0.484. The van der Waals surface area contributed by atoms with Gasteiger partial charge in [0.1, 0.15) is 6.29 Å². The van der Waals surface area contributed by atoms with E-state index >= 15 is 0 Å². The summed E-state index contributed by atoms with van der Waals surface area (Å²) in [7, 11) is 0. The Balaban J connectivity index is 2.74. The number of allylic oxidation sites excluding steroid dienone is 4. The van der Waals surface area contributed by atoms with E-state index in [0.29, 0.717) is 5.92 Å². The summed E-state index contributed by atoms with van der Waals surface area (Å²) < 4.78 is 0.